The number of hydrogen-bond acceptors (Lipinski definition) is 4. The largest absolute Gasteiger partial charge is 0.454 e. The Morgan fingerprint density at radius 3 is 2.62 bits per heavy atom. The second-order valence-electron chi connectivity index (χ2n) is 6.38. The Balaban J connectivity index is 1.50. The minimum Gasteiger partial charge on any atom is -0.454 e. The highest BCUT2D eigenvalue weighted by Gasteiger charge is 2.20. The molecule has 26 heavy (non-hydrogen) atoms. The van der Waals surface area contributed by atoms with Crippen LogP contribution in [0.25, 0.3) is 10.8 Å². The molecule has 0 aliphatic carbocycles. The smallest absolute Gasteiger partial charge is 0.246 e. The summed E-state index contributed by atoms with van der Waals surface area (Å²) in [6, 6.07) is 19.5. The number of likely N-dealkylation sites (N-methyl/N-ethyl adjacent to an activating group) is 1. The molecule has 1 aliphatic heterocycles. The standard InChI is InChI=1S/C21H20N2O3/c1-14(21(24)22-17-8-10-19-20(12-17)26-13-25-19)23(2)18-9-7-15-5-3-4-6-16(15)11-18/h3-12,14H,13H2,1-2H3,(H,22,24)/t14-/m0/s1. The first kappa shape index (κ1) is 16.3. The maximum atomic E-state index is 12.7. The quantitative estimate of drug-likeness (QED) is 0.773. The van der Waals surface area contributed by atoms with Gasteiger partial charge in [0.2, 0.25) is 12.7 Å². The summed E-state index contributed by atoms with van der Waals surface area (Å²) in [7, 11) is 1.92. The summed E-state index contributed by atoms with van der Waals surface area (Å²) in [5.41, 5.74) is 1.69. The van der Waals surface area contributed by atoms with Crippen LogP contribution >= 0.6 is 0 Å². The maximum absolute atomic E-state index is 12.7. The van der Waals surface area contributed by atoms with Gasteiger partial charge in [-0.3, -0.25) is 4.79 Å². The average Bonchev–Trinajstić information content (AvgIpc) is 3.14. The van der Waals surface area contributed by atoms with Crippen molar-refractivity contribution in [3.8, 4) is 11.5 Å². The van der Waals surface area contributed by atoms with Crippen molar-refractivity contribution in [2.75, 3.05) is 24.1 Å². The highest BCUT2D eigenvalue weighted by Crippen LogP contribution is 2.34. The van der Waals surface area contributed by atoms with Gasteiger partial charge in [-0.25, -0.2) is 0 Å². The summed E-state index contributed by atoms with van der Waals surface area (Å²) in [4.78, 5) is 14.6. The van der Waals surface area contributed by atoms with Crippen molar-refractivity contribution >= 4 is 28.1 Å². The number of rotatable bonds is 4. The minimum atomic E-state index is -0.332. The number of benzene rings is 3. The summed E-state index contributed by atoms with van der Waals surface area (Å²) in [6.07, 6.45) is 0. The summed E-state index contributed by atoms with van der Waals surface area (Å²) >= 11 is 0. The molecule has 1 amide bonds. The van der Waals surface area contributed by atoms with Crippen molar-refractivity contribution in [3.63, 3.8) is 0 Å². The molecule has 1 atom stereocenters. The Hall–Kier alpha value is -3.21. The lowest BCUT2D eigenvalue weighted by Gasteiger charge is -2.26. The number of nitrogens with zero attached hydrogens (tertiary/aromatic N) is 1. The SMILES string of the molecule is C[C@@H](C(=O)Nc1ccc2c(c1)OCO2)N(C)c1ccc2ccccc2c1. The van der Waals surface area contributed by atoms with E-state index in [1.165, 1.54) is 5.39 Å². The Bertz CT molecular complexity index is 970. The van der Waals surface area contributed by atoms with Gasteiger partial charge in [-0.15, -0.1) is 0 Å². The summed E-state index contributed by atoms with van der Waals surface area (Å²) in [5.74, 6) is 1.27. The van der Waals surface area contributed by atoms with Crippen molar-refractivity contribution < 1.29 is 14.3 Å². The first-order chi connectivity index (χ1) is 12.6. The highest BCUT2D eigenvalue weighted by atomic mass is 16.7. The van der Waals surface area contributed by atoms with Crippen molar-refractivity contribution in [1.29, 1.82) is 0 Å². The fourth-order valence-electron chi connectivity index (χ4n) is 3.02. The summed E-state index contributed by atoms with van der Waals surface area (Å²) in [5, 5.41) is 5.28. The van der Waals surface area contributed by atoms with E-state index in [0.29, 0.717) is 17.2 Å². The number of carbonyl (C=O) groups is 1. The number of nitrogens with one attached hydrogen (secondary N) is 1. The van der Waals surface area contributed by atoms with Gasteiger partial charge in [0.25, 0.3) is 0 Å². The molecule has 0 radical (unpaired) electrons. The number of amides is 1. The highest BCUT2D eigenvalue weighted by molar-refractivity contribution is 5.97. The number of fused-ring (bicyclic) bond motifs is 2. The van der Waals surface area contributed by atoms with Crippen LogP contribution in [0, 0.1) is 0 Å². The molecule has 1 N–H and O–H groups in total. The molecule has 0 fully saturated rings. The molecule has 132 valence electrons. The number of ether oxygens (including phenoxy) is 2. The van der Waals surface area contributed by atoms with Crippen LogP contribution in [0.5, 0.6) is 11.5 Å². The molecule has 5 heteroatoms. The Labute approximate surface area is 152 Å². The van der Waals surface area contributed by atoms with Crippen molar-refractivity contribution in [2.45, 2.75) is 13.0 Å². The first-order valence-electron chi connectivity index (χ1n) is 8.54. The molecule has 3 aromatic carbocycles. The van der Waals surface area contributed by atoms with Gasteiger partial charge in [0.05, 0.1) is 0 Å². The van der Waals surface area contributed by atoms with Gasteiger partial charge in [0.1, 0.15) is 6.04 Å². The van der Waals surface area contributed by atoms with Crippen molar-refractivity contribution in [2.24, 2.45) is 0 Å². The normalized spacial score (nSPS) is 13.5. The number of carbonyl (C=O) groups excluding carboxylic acids is 1. The third kappa shape index (κ3) is 3.04. The average molecular weight is 348 g/mol. The number of anilines is 2. The van der Waals surface area contributed by atoms with Crippen LogP contribution in [0.15, 0.2) is 60.7 Å². The molecule has 4 rings (SSSR count). The van der Waals surface area contributed by atoms with Crippen LogP contribution in [0.3, 0.4) is 0 Å². The molecule has 1 heterocycles. The van der Waals surface area contributed by atoms with Gasteiger partial charge < -0.3 is 19.7 Å². The van der Waals surface area contributed by atoms with Crippen LogP contribution in [-0.2, 0) is 4.79 Å². The molecular formula is C21H20N2O3. The Kier molecular flexibility index (Phi) is 4.13. The molecule has 0 spiro atoms. The zero-order valence-electron chi connectivity index (χ0n) is 14.7. The van der Waals surface area contributed by atoms with E-state index >= 15 is 0 Å². The van der Waals surface area contributed by atoms with Crippen LogP contribution in [0.1, 0.15) is 6.92 Å². The van der Waals surface area contributed by atoms with Crippen molar-refractivity contribution in [1.82, 2.24) is 0 Å². The second kappa shape index (κ2) is 6.59. The van der Waals surface area contributed by atoms with E-state index < -0.39 is 0 Å². The fraction of sp³-hybridized carbons (Fsp3) is 0.190. The lowest BCUT2D eigenvalue weighted by molar-refractivity contribution is -0.117. The zero-order valence-corrected chi connectivity index (χ0v) is 14.7. The van der Waals surface area contributed by atoms with E-state index in [9.17, 15) is 4.79 Å². The summed E-state index contributed by atoms with van der Waals surface area (Å²) in [6.45, 7) is 2.10. The van der Waals surface area contributed by atoms with Crippen LogP contribution in [-0.4, -0.2) is 25.8 Å². The van der Waals surface area contributed by atoms with E-state index in [1.54, 1.807) is 12.1 Å². The van der Waals surface area contributed by atoms with Gasteiger partial charge in [-0.1, -0.05) is 30.3 Å². The minimum absolute atomic E-state index is 0.0838. The molecule has 1 aliphatic rings. The van der Waals surface area contributed by atoms with Gasteiger partial charge in [0, 0.05) is 24.5 Å². The molecule has 0 saturated heterocycles. The molecular weight excluding hydrogens is 328 g/mol. The molecule has 0 unspecified atom stereocenters. The predicted molar refractivity (Wildman–Crippen MR) is 103 cm³/mol. The van der Waals surface area contributed by atoms with Gasteiger partial charge in [-0.2, -0.15) is 0 Å². The van der Waals surface area contributed by atoms with E-state index in [-0.39, 0.29) is 18.7 Å². The van der Waals surface area contributed by atoms with Gasteiger partial charge in [0.15, 0.2) is 11.5 Å². The van der Waals surface area contributed by atoms with Crippen LogP contribution in [0.2, 0.25) is 0 Å². The molecule has 0 aromatic heterocycles. The fourth-order valence-corrected chi connectivity index (χ4v) is 3.02. The van der Waals surface area contributed by atoms with Gasteiger partial charge >= 0.3 is 0 Å². The van der Waals surface area contributed by atoms with Crippen LogP contribution < -0.4 is 19.7 Å². The third-order valence-corrected chi connectivity index (χ3v) is 4.74. The van der Waals surface area contributed by atoms with Gasteiger partial charge in [-0.05, 0) is 42.0 Å². The summed E-state index contributed by atoms with van der Waals surface area (Å²) < 4.78 is 10.6. The molecule has 0 saturated carbocycles. The Morgan fingerprint density at radius 2 is 1.77 bits per heavy atom. The second-order valence-corrected chi connectivity index (χ2v) is 6.38. The first-order valence-corrected chi connectivity index (χ1v) is 8.54. The predicted octanol–water partition coefficient (Wildman–Crippen LogP) is 4.03. The third-order valence-electron chi connectivity index (χ3n) is 4.74. The molecule has 5 nitrogen and oxygen atoms in total. The molecule has 3 aromatic rings. The lowest BCUT2D eigenvalue weighted by Crippen LogP contribution is -2.39. The number of hydrogen-bond donors (Lipinski definition) is 1. The van der Waals surface area contributed by atoms with E-state index in [1.807, 2.05) is 43.1 Å². The van der Waals surface area contributed by atoms with E-state index in [0.717, 1.165) is 11.1 Å². The lowest BCUT2D eigenvalue weighted by atomic mass is 10.1. The van der Waals surface area contributed by atoms with E-state index in [4.69, 9.17) is 9.47 Å². The van der Waals surface area contributed by atoms with Crippen molar-refractivity contribution in [3.05, 3.63) is 60.7 Å². The zero-order chi connectivity index (χ0) is 18.1. The van der Waals surface area contributed by atoms with Crippen LogP contribution in [0.4, 0.5) is 11.4 Å². The topological polar surface area (TPSA) is 50.8 Å². The maximum Gasteiger partial charge on any atom is 0.246 e. The monoisotopic (exact) mass is 348 g/mol. The van der Waals surface area contributed by atoms with E-state index in [2.05, 4.69) is 29.6 Å². The molecule has 0 bridgehead atoms. The Morgan fingerprint density at radius 1 is 1.00 bits per heavy atom.